The number of aromatic nitrogens is 3. The maximum absolute atomic E-state index is 12.2. The second kappa shape index (κ2) is 22.0. The van der Waals surface area contributed by atoms with Crippen molar-refractivity contribution in [3.05, 3.63) is 69.5 Å². The van der Waals surface area contributed by atoms with E-state index in [1.807, 2.05) is 47.6 Å². The van der Waals surface area contributed by atoms with Crippen LogP contribution in [-0.2, 0) is 22.3 Å². The molecule has 3 aliphatic carbocycles. The van der Waals surface area contributed by atoms with Crippen LogP contribution in [0.4, 0.5) is 0 Å². The first-order chi connectivity index (χ1) is 26.8. The number of carbonyl (C=O) groups excluding carboxylic acids is 2. The van der Waals surface area contributed by atoms with Crippen molar-refractivity contribution in [3.63, 3.8) is 0 Å². The van der Waals surface area contributed by atoms with Crippen molar-refractivity contribution in [1.82, 2.24) is 15.0 Å². The summed E-state index contributed by atoms with van der Waals surface area (Å²) < 4.78 is 26.5. The second-order valence-corrected chi connectivity index (χ2v) is 17.3. The van der Waals surface area contributed by atoms with Crippen LogP contribution < -0.4 is 19.9 Å². The number of hydrogen-bond acceptors (Lipinski definition) is 12. The highest BCUT2D eigenvalue weighted by atomic mass is 79.9. The van der Waals surface area contributed by atoms with Gasteiger partial charge in [-0.05, 0) is 113 Å². The molecule has 314 valence electrons. The maximum Gasteiger partial charge on any atom is 0.342 e. The average molecular weight is 858 g/mol. The van der Waals surface area contributed by atoms with E-state index in [9.17, 15) is 14.4 Å². The highest BCUT2D eigenvalue weighted by Crippen LogP contribution is 2.32. The van der Waals surface area contributed by atoms with E-state index in [0.29, 0.717) is 50.9 Å². The van der Waals surface area contributed by atoms with Gasteiger partial charge < -0.3 is 34.5 Å². The molecule has 3 heterocycles. The van der Waals surface area contributed by atoms with Gasteiger partial charge in [0.2, 0.25) is 0 Å². The Kier molecular flexibility index (Phi) is 18.2. The van der Waals surface area contributed by atoms with Crippen molar-refractivity contribution in [2.75, 3.05) is 21.3 Å². The topological polar surface area (TPSA) is 182 Å². The Balaban J connectivity index is 0.000000217. The highest BCUT2D eigenvalue weighted by molar-refractivity contribution is 9.10. The summed E-state index contributed by atoms with van der Waals surface area (Å²) in [7, 11) is 4.48. The van der Waals surface area contributed by atoms with E-state index in [1.54, 1.807) is 18.3 Å². The lowest BCUT2D eigenvalue weighted by molar-refractivity contribution is 0.00534. The molecular weight excluding hydrogens is 796 g/mol. The monoisotopic (exact) mass is 856 g/mol. The zero-order valence-electron chi connectivity index (χ0n) is 35.0. The van der Waals surface area contributed by atoms with Gasteiger partial charge in [-0.15, -0.1) is 0 Å². The molecule has 3 aromatic rings. The van der Waals surface area contributed by atoms with Crippen LogP contribution in [0, 0.1) is 11.8 Å². The lowest BCUT2D eigenvalue weighted by atomic mass is 9.82. The largest absolute Gasteiger partial charge is 0.494 e. The van der Waals surface area contributed by atoms with Crippen LogP contribution in [0.1, 0.15) is 142 Å². The number of pyridine rings is 3. The number of carboxylic acids is 1. The van der Waals surface area contributed by atoms with Crippen molar-refractivity contribution < 1.29 is 43.2 Å². The summed E-state index contributed by atoms with van der Waals surface area (Å²) in [5, 5.41) is 9.02. The Morgan fingerprint density at radius 2 is 1.00 bits per heavy atom. The molecular formula is C43H61BrN4O9. The van der Waals surface area contributed by atoms with E-state index in [-0.39, 0.29) is 11.5 Å². The Hall–Kier alpha value is -4.30. The molecule has 0 bridgehead atoms. The van der Waals surface area contributed by atoms with Gasteiger partial charge in [-0.25, -0.2) is 19.4 Å². The Bertz CT molecular complexity index is 1780. The molecule has 3 fully saturated rings. The first-order valence-electron chi connectivity index (χ1n) is 19.5. The van der Waals surface area contributed by atoms with Crippen LogP contribution in [0.5, 0.6) is 17.2 Å². The number of halogens is 1. The number of carboxylic acid groups (broad SMARTS) is 1. The number of rotatable bonds is 10. The molecule has 0 spiro atoms. The number of nitrogens with two attached hydrogens (primary N) is 1. The summed E-state index contributed by atoms with van der Waals surface area (Å²) >= 11 is 3.20. The summed E-state index contributed by atoms with van der Waals surface area (Å²) in [5.41, 5.74) is 7.15. The van der Waals surface area contributed by atoms with Crippen molar-refractivity contribution >= 4 is 33.8 Å². The third-order valence-electron chi connectivity index (χ3n) is 9.40. The Morgan fingerprint density at radius 1 is 0.649 bits per heavy atom. The molecule has 3 aromatic heterocycles. The van der Waals surface area contributed by atoms with Crippen LogP contribution in [0.25, 0.3) is 0 Å². The summed E-state index contributed by atoms with van der Waals surface area (Å²) in [5.74, 6) is 0.844. The minimum absolute atomic E-state index is 0.201. The Morgan fingerprint density at radius 3 is 1.32 bits per heavy atom. The predicted molar refractivity (Wildman–Crippen MR) is 221 cm³/mol. The van der Waals surface area contributed by atoms with Gasteiger partial charge in [-0.1, -0.05) is 44.9 Å². The molecule has 57 heavy (non-hydrogen) atoms. The zero-order valence-corrected chi connectivity index (χ0v) is 36.6. The molecule has 0 unspecified atom stereocenters. The van der Waals surface area contributed by atoms with Crippen molar-refractivity contribution in [1.29, 1.82) is 0 Å². The molecule has 0 aliphatic heterocycles. The quantitative estimate of drug-likeness (QED) is 0.146. The predicted octanol–water partition coefficient (Wildman–Crippen LogP) is 8.82. The number of aromatic carboxylic acids is 1. The molecule has 6 rings (SSSR count). The molecule has 0 saturated heterocycles. The summed E-state index contributed by atoms with van der Waals surface area (Å²) in [6.45, 7) is 11.0. The third kappa shape index (κ3) is 16.2. The van der Waals surface area contributed by atoms with Gasteiger partial charge in [0.25, 0.3) is 0 Å². The van der Waals surface area contributed by atoms with Crippen LogP contribution in [-0.4, -0.2) is 76.5 Å². The molecule has 13 nitrogen and oxygen atoms in total. The summed E-state index contributed by atoms with van der Waals surface area (Å²) in [6.07, 6.45) is 17.9. The van der Waals surface area contributed by atoms with E-state index < -0.39 is 23.1 Å². The van der Waals surface area contributed by atoms with E-state index in [4.69, 9.17) is 34.5 Å². The van der Waals surface area contributed by atoms with Gasteiger partial charge in [0.15, 0.2) is 17.2 Å². The minimum atomic E-state index is -0.964. The van der Waals surface area contributed by atoms with Crippen LogP contribution in [0.3, 0.4) is 0 Å². The van der Waals surface area contributed by atoms with E-state index in [0.717, 1.165) is 24.2 Å². The molecule has 3 aliphatic rings. The van der Waals surface area contributed by atoms with E-state index in [2.05, 4.69) is 30.9 Å². The molecule has 0 radical (unpaired) electrons. The van der Waals surface area contributed by atoms with Gasteiger partial charge >= 0.3 is 17.9 Å². The molecule has 0 amide bonds. The van der Waals surface area contributed by atoms with Crippen molar-refractivity contribution in [2.24, 2.45) is 17.6 Å². The summed E-state index contributed by atoms with van der Waals surface area (Å²) in [6, 6.07) is 5.58. The first-order valence-corrected chi connectivity index (χ1v) is 20.3. The van der Waals surface area contributed by atoms with Gasteiger partial charge in [0.05, 0.1) is 39.9 Å². The van der Waals surface area contributed by atoms with Gasteiger partial charge in [0.1, 0.15) is 32.5 Å². The number of nitrogens with zero attached hydrogens (tertiary/aromatic N) is 3. The molecule has 0 atom stereocenters. The number of carbonyl (C=O) groups is 3. The normalized spacial score (nSPS) is 15.2. The number of hydrogen-bond donors (Lipinski definition) is 2. The standard InChI is InChI=1S/C16H23NO3.C12H15NO3.C11H14BrNO3.C4H9N/c1-16(2,3)20-15(18)13-9-12(8-11-6-5-7-11)17-10-14(13)19-4;1-16-11-7-13-9(5-8-3-2-4-8)6-10(11)12(14)15;1-11(2,3)16-10(14)7-5-9(12)13-6-8(7)15-4;5-4-2-1-3-4/h9-11H,5-8H2,1-4H3;6-8H,2-5H2,1H3,(H,14,15);5-6H,1-4H3;4H,1-3,5H2. The fraction of sp³-hybridized carbons (Fsp3) is 0.581. The van der Waals surface area contributed by atoms with E-state index in [1.165, 1.54) is 91.5 Å². The fourth-order valence-corrected chi connectivity index (χ4v) is 6.01. The van der Waals surface area contributed by atoms with Crippen molar-refractivity contribution in [2.45, 2.75) is 129 Å². The SMILES string of the molecule is COc1cnc(Br)cc1C(=O)OC(C)(C)C.COc1cnc(CC2CCC2)cc1C(=O)O.COc1cnc(CC2CCC2)cc1C(=O)OC(C)(C)C.NC1CCC1. The lowest BCUT2D eigenvalue weighted by Gasteiger charge is -2.25. The highest BCUT2D eigenvalue weighted by Gasteiger charge is 2.25. The minimum Gasteiger partial charge on any atom is -0.494 e. The smallest absolute Gasteiger partial charge is 0.342 e. The third-order valence-corrected chi connectivity index (χ3v) is 9.84. The molecule has 3 N–H and O–H groups in total. The Labute approximate surface area is 345 Å². The average Bonchev–Trinajstić information content (AvgIpc) is 3.09. The van der Waals surface area contributed by atoms with E-state index >= 15 is 0 Å². The number of methoxy groups -OCH3 is 3. The second-order valence-electron chi connectivity index (χ2n) is 16.5. The zero-order chi connectivity index (χ0) is 42.3. The number of ether oxygens (including phenoxy) is 5. The van der Waals surface area contributed by atoms with Crippen molar-refractivity contribution in [3.8, 4) is 17.2 Å². The molecule has 0 aromatic carbocycles. The van der Waals surface area contributed by atoms with Gasteiger partial charge in [-0.3, -0.25) is 9.97 Å². The maximum atomic E-state index is 12.2. The first kappa shape index (κ1) is 47.1. The van der Waals surface area contributed by atoms with Crippen LogP contribution >= 0.6 is 15.9 Å². The number of esters is 2. The fourth-order valence-electron chi connectivity index (χ4n) is 5.68. The molecule has 14 heteroatoms. The lowest BCUT2D eigenvalue weighted by Crippen LogP contribution is -2.27. The van der Waals surface area contributed by atoms with Gasteiger partial charge in [0, 0.05) is 17.4 Å². The molecule has 3 saturated carbocycles. The van der Waals surface area contributed by atoms with Crippen LogP contribution in [0.15, 0.2) is 41.4 Å². The van der Waals surface area contributed by atoms with Crippen LogP contribution in [0.2, 0.25) is 0 Å². The van der Waals surface area contributed by atoms with Gasteiger partial charge in [-0.2, -0.15) is 0 Å². The summed E-state index contributed by atoms with van der Waals surface area (Å²) in [4.78, 5) is 47.6.